The molecule has 0 radical (unpaired) electrons. The summed E-state index contributed by atoms with van der Waals surface area (Å²) in [4.78, 5) is 14.5. The molecule has 3 rings (SSSR count). The summed E-state index contributed by atoms with van der Waals surface area (Å²) in [6.07, 6.45) is 0. The summed E-state index contributed by atoms with van der Waals surface area (Å²) < 4.78 is 11.2. The van der Waals surface area contributed by atoms with E-state index < -0.39 is 0 Å². The number of carbonyl (C=O) groups excluding carboxylic acids is 1. The highest BCUT2D eigenvalue weighted by Gasteiger charge is 2.10. The Hall–Kier alpha value is -2.57. The fraction of sp³-hybridized carbons (Fsp3) is 0.409. The number of ether oxygens (including phenoxy) is 2. The van der Waals surface area contributed by atoms with Crippen molar-refractivity contribution in [2.45, 2.75) is 20.4 Å². The second kappa shape index (κ2) is 10.1. The summed E-state index contributed by atoms with van der Waals surface area (Å²) in [7, 11) is 0. The van der Waals surface area contributed by atoms with Gasteiger partial charge in [-0.3, -0.25) is 4.90 Å². The molecule has 2 aromatic carbocycles. The highest BCUT2D eigenvalue weighted by atomic mass is 16.5. The van der Waals surface area contributed by atoms with E-state index in [1.165, 1.54) is 5.56 Å². The fourth-order valence-electron chi connectivity index (χ4n) is 3.17. The largest absolute Gasteiger partial charge is 0.492 e. The third kappa shape index (κ3) is 6.25. The van der Waals surface area contributed by atoms with Gasteiger partial charge in [-0.2, -0.15) is 0 Å². The molecule has 2 N–H and O–H groups in total. The van der Waals surface area contributed by atoms with Crippen LogP contribution in [0.25, 0.3) is 0 Å². The van der Waals surface area contributed by atoms with Crippen LogP contribution in [0.2, 0.25) is 0 Å². The normalized spacial score (nSPS) is 14.5. The summed E-state index contributed by atoms with van der Waals surface area (Å²) >= 11 is 0. The number of morpholine rings is 1. The van der Waals surface area contributed by atoms with Crippen LogP contribution in [0.4, 0.5) is 10.5 Å². The molecule has 2 amide bonds. The standard InChI is InChI=1S/C22H29N3O3/c1-17-6-7-21(18(2)14-17)24-22(26)23-16-19-4-3-5-20(15-19)28-13-10-25-8-11-27-12-9-25/h3-7,14-15H,8-13,16H2,1-2H3,(H2,23,24,26). The monoisotopic (exact) mass is 383 g/mol. The van der Waals surface area contributed by atoms with Crippen molar-refractivity contribution in [1.29, 1.82) is 0 Å². The van der Waals surface area contributed by atoms with E-state index in [1.54, 1.807) is 0 Å². The van der Waals surface area contributed by atoms with E-state index in [0.29, 0.717) is 13.2 Å². The van der Waals surface area contributed by atoms with Crippen molar-refractivity contribution in [2.75, 3.05) is 44.8 Å². The third-order valence-corrected chi connectivity index (χ3v) is 4.76. The number of rotatable bonds is 7. The highest BCUT2D eigenvalue weighted by molar-refractivity contribution is 5.90. The van der Waals surface area contributed by atoms with Gasteiger partial charge >= 0.3 is 6.03 Å². The lowest BCUT2D eigenvalue weighted by atomic mass is 10.1. The lowest BCUT2D eigenvalue weighted by Crippen LogP contribution is -2.38. The molecule has 28 heavy (non-hydrogen) atoms. The lowest BCUT2D eigenvalue weighted by molar-refractivity contribution is 0.0322. The molecule has 6 heteroatoms. The van der Waals surface area contributed by atoms with E-state index in [9.17, 15) is 4.79 Å². The van der Waals surface area contributed by atoms with Crippen LogP contribution in [0.1, 0.15) is 16.7 Å². The van der Waals surface area contributed by atoms with Gasteiger partial charge in [0.05, 0.1) is 13.2 Å². The van der Waals surface area contributed by atoms with Crippen LogP contribution in [0.5, 0.6) is 5.75 Å². The molecule has 1 fully saturated rings. The van der Waals surface area contributed by atoms with Crippen LogP contribution >= 0.6 is 0 Å². The van der Waals surface area contributed by atoms with E-state index in [2.05, 4.69) is 15.5 Å². The number of nitrogens with one attached hydrogen (secondary N) is 2. The van der Waals surface area contributed by atoms with E-state index in [-0.39, 0.29) is 6.03 Å². The van der Waals surface area contributed by atoms with Crippen LogP contribution in [-0.2, 0) is 11.3 Å². The molecule has 0 aliphatic carbocycles. The molecular weight excluding hydrogens is 354 g/mol. The Labute approximate surface area is 166 Å². The maximum Gasteiger partial charge on any atom is 0.319 e. The quantitative estimate of drug-likeness (QED) is 0.770. The van der Waals surface area contributed by atoms with Crippen LogP contribution < -0.4 is 15.4 Å². The zero-order valence-corrected chi connectivity index (χ0v) is 16.7. The van der Waals surface area contributed by atoms with Crippen LogP contribution in [0.15, 0.2) is 42.5 Å². The number of carbonyl (C=O) groups is 1. The molecule has 1 aliphatic rings. The number of amides is 2. The fourth-order valence-corrected chi connectivity index (χ4v) is 3.17. The van der Waals surface area contributed by atoms with E-state index in [4.69, 9.17) is 9.47 Å². The average Bonchev–Trinajstić information content (AvgIpc) is 2.70. The Balaban J connectivity index is 1.44. The second-order valence-electron chi connectivity index (χ2n) is 7.08. The average molecular weight is 383 g/mol. The smallest absolute Gasteiger partial charge is 0.319 e. The summed E-state index contributed by atoms with van der Waals surface area (Å²) in [5.74, 6) is 0.822. The molecular formula is C22H29N3O3. The zero-order chi connectivity index (χ0) is 19.8. The first-order valence-electron chi connectivity index (χ1n) is 9.74. The molecule has 1 heterocycles. The highest BCUT2D eigenvalue weighted by Crippen LogP contribution is 2.16. The van der Waals surface area contributed by atoms with Gasteiger partial charge in [-0.15, -0.1) is 0 Å². The van der Waals surface area contributed by atoms with Gasteiger partial charge < -0.3 is 20.1 Å². The SMILES string of the molecule is Cc1ccc(NC(=O)NCc2cccc(OCCN3CCOCC3)c2)c(C)c1. The van der Waals surface area contributed by atoms with Gasteiger partial charge in [0.1, 0.15) is 12.4 Å². The maximum atomic E-state index is 12.2. The van der Waals surface area contributed by atoms with Gasteiger partial charge in [0.15, 0.2) is 0 Å². The first-order valence-corrected chi connectivity index (χ1v) is 9.74. The van der Waals surface area contributed by atoms with E-state index >= 15 is 0 Å². The molecule has 0 saturated carbocycles. The van der Waals surface area contributed by atoms with Gasteiger partial charge in [0, 0.05) is 31.9 Å². The van der Waals surface area contributed by atoms with Gasteiger partial charge in [-0.05, 0) is 43.2 Å². The Morgan fingerprint density at radius 2 is 1.96 bits per heavy atom. The molecule has 1 saturated heterocycles. The lowest BCUT2D eigenvalue weighted by Gasteiger charge is -2.26. The minimum Gasteiger partial charge on any atom is -0.492 e. The molecule has 0 aromatic heterocycles. The minimum atomic E-state index is -0.217. The predicted molar refractivity (Wildman–Crippen MR) is 111 cm³/mol. The summed E-state index contributed by atoms with van der Waals surface area (Å²) in [5, 5.41) is 5.79. The van der Waals surface area contributed by atoms with Gasteiger partial charge in [0.25, 0.3) is 0 Å². The molecule has 0 bridgehead atoms. The molecule has 1 aliphatic heterocycles. The van der Waals surface area contributed by atoms with Gasteiger partial charge in [-0.25, -0.2) is 4.79 Å². The number of anilines is 1. The molecule has 2 aromatic rings. The number of urea groups is 1. The summed E-state index contributed by atoms with van der Waals surface area (Å²) in [6, 6.07) is 13.6. The Bertz CT molecular complexity index is 788. The van der Waals surface area contributed by atoms with Crippen LogP contribution in [-0.4, -0.2) is 50.4 Å². The maximum absolute atomic E-state index is 12.2. The zero-order valence-electron chi connectivity index (χ0n) is 16.7. The Morgan fingerprint density at radius 3 is 2.75 bits per heavy atom. The first-order chi connectivity index (χ1) is 13.6. The van der Waals surface area contributed by atoms with E-state index in [1.807, 2.05) is 56.3 Å². The van der Waals surface area contributed by atoms with Crippen LogP contribution in [0, 0.1) is 13.8 Å². The first kappa shape index (κ1) is 20.2. The van der Waals surface area contributed by atoms with Crippen molar-refractivity contribution in [3.05, 3.63) is 59.2 Å². The number of hydrogen-bond acceptors (Lipinski definition) is 4. The second-order valence-corrected chi connectivity index (χ2v) is 7.08. The van der Waals surface area contributed by atoms with Crippen molar-refractivity contribution in [1.82, 2.24) is 10.2 Å². The van der Waals surface area contributed by atoms with Crippen molar-refractivity contribution in [3.8, 4) is 5.75 Å². The Morgan fingerprint density at radius 1 is 1.14 bits per heavy atom. The van der Waals surface area contributed by atoms with Gasteiger partial charge in [-0.1, -0.05) is 29.8 Å². The van der Waals surface area contributed by atoms with Crippen molar-refractivity contribution in [2.24, 2.45) is 0 Å². The molecule has 0 spiro atoms. The summed E-state index contributed by atoms with van der Waals surface area (Å²) in [6.45, 7) is 9.52. The van der Waals surface area contributed by atoms with E-state index in [0.717, 1.165) is 55.4 Å². The number of nitrogens with zero attached hydrogens (tertiary/aromatic N) is 1. The van der Waals surface area contributed by atoms with Gasteiger partial charge in [0.2, 0.25) is 0 Å². The molecule has 0 atom stereocenters. The molecule has 6 nitrogen and oxygen atoms in total. The Kier molecular flexibility index (Phi) is 7.28. The topological polar surface area (TPSA) is 62.8 Å². The minimum absolute atomic E-state index is 0.217. The van der Waals surface area contributed by atoms with Crippen molar-refractivity contribution in [3.63, 3.8) is 0 Å². The number of benzene rings is 2. The summed E-state index contributed by atoms with van der Waals surface area (Å²) in [5.41, 5.74) is 4.04. The predicted octanol–water partition coefficient (Wildman–Crippen LogP) is 3.34. The third-order valence-electron chi connectivity index (χ3n) is 4.76. The number of hydrogen-bond donors (Lipinski definition) is 2. The van der Waals surface area contributed by atoms with Crippen LogP contribution in [0.3, 0.4) is 0 Å². The van der Waals surface area contributed by atoms with Crippen molar-refractivity contribution < 1.29 is 14.3 Å². The van der Waals surface area contributed by atoms with Crippen molar-refractivity contribution >= 4 is 11.7 Å². The number of aryl methyl sites for hydroxylation is 2. The molecule has 150 valence electrons. The molecule has 0 unspecified atom stereocenters.